The van der Waals surface area contributed by atoms with Crippen molar-refractivity contribution in [2.75, 3.05) is 0 Å². The maximum atomic E-state index is 14.3. The van der Waals surface area contributed by atoms with Crippen LogP contribution in [0, 0.1) is 6.92 Å². The van der Waals surface area contributed by atoms with Gasteiger partial charge in [0.05, 0.1) is 11.0 Å². The summed E-state index contributed by atoms with van der Waals surface area (Å²) in [6.07, 6.45) is 17.3. The third-order valence-corrected chi connectivity index (χ3v) is 7.99. The van der Waals surface area contributed by atoms with Crippen LogP contribution in [0.25, 0.3) is 0 Å². The van der Waals surface area contributed by atoms with Crippen molar-refractivity contribution >= 4 is 10.1 Å². The molecule has 0 bridgehead atoms. The van der Waals surface area contributed by atoms with E-state index in [1.807, 2.05) is 6.92 Å². The number of halogens is 1. The molecule has 0 saturated carbocycles. The Bertz CT molecular complexity index is 703. The molecule has 1 rings (SSSR count). The van der Waals surface area contributed by atoms with Gasteiger partial charge in [-0.1, -0.05) is 115 Å². The van der Waals surface area contributed by atoms with Crippen molar-refractivity contribution in [3.63, 3.8) is 0 Å². The van der Waals surface area contributed by atoms with Gasteiger partial charge >= 0.3 is 0 Å². The number of aryl methyl sites for hydroxylation is 1. The van der Waals surface area contributed by atoms with Crippen LogP contribution in [0.4, 0.5) is 4.39 Å². The minimum atomic E-state index is -3.80. The van der Waals surface area contributed by atoms with E-state index < -0.39 is 16.3 Å². The maximum Gasteiger partial charge on any atom is 0.297 e. The molecule has 0 aliphatic rings. The van der Waals surface area contributed by atoms with Gasteiger partial charge in [-0.15, -0.1) is 0 Å². The van der Waals surface area contributed by atoms with Crippen molar-refractivity contribution in [2.24, 2.45) is 0 Å². The van der Waals surface area contributed by atoms with Crippen LogP contribution in [0.5, 0.6) is 0 Å². The van der Waals surface area contributed by atoms with E-state index in [0.717, 1.165) is 44.1 Å². The highest BCUT2D eigenvalue weighted by molar-refractivity contribution is 7.86. The summed E-state index contributed by atoms with van der Waals surface area (Å²) < 4.78 is 45.6. The second kappa shape index (κ2) is 19.3. The molecule has 0 fully saturated rings. The van der Waals surface area contributed by atoms with Crippen LogP contribution in [0.2, 0.25) is 0 Å². The van der Waals surface area contributed by atoms with Gasteiger partial charge in [0.1, 0.15) is 6.17 Å². The summed E-state index contributed by atoms with van der Waals surface area (Å²) in [5.41, 5.74) is 1.01. The van der Waals surface area contributed by atoms with Gasteiger partial charge in [0, 0.05) is 0 Å². The van der Waals surface area contributed by atoms with Gasteiger partial charge in [-0.25, -0.2) is 4.39 Å². The Morgan fingerprint density at radius 3 is 1.71 bits per heavy atom. The summed E-state index contributed by atoms with van der Waals surface area (Å²) in [5, 5.41) is 0. The maximum absolute atomic E-state index is 14.3. The molecule has 3 nitrogen and oxygen atoms in total. The molecule has 5 heteroatoms. The largest absolute Gasteiger partial charge is 0.297 e. The molecule has 0 aliphatic carbocycles. The zero-order valence-electron chi connectivity index (χ0n) is 22.2. The Labute approximate surface area is 210 Å². The lowest BCUT2D eigenvalue weighted by atomic mass is 10.0. The number of hydrogen-bond donors (Lipinski definition) is 0. The Hall–Kier alpha value is -0.940. The monoisotopic (exact) mass is 498 g/mol. The van der Waals surface area contributed by atoms with E-state index in [4.69, 9.17) is 4.18 Å². The van der Waals surface area contributed by atoms with Crippen LogP contribution in [-0.2, 0) is 14.3 Å². The molecule has 0 N–H and O–H groups in total. The van der Waals surface area contributed by atoms with Gasteiger partial charge in [-0.3, -0.25) is 4.18 Å². The molecule has 0 heterocycles. The molecule has 0 amide bonds. The molecule has 0 saturated heterocycles. The smallest absolute Gasteiger partial charge is 0.263 e. The topological polar surface area (TPSA) is 43.4 Å². The molecular weight excluding hydrogens is 447 g/mol. The molecule has 1 aromatic rings. The van der Waals surface area contributed by atoms with E-state index in [0.29, 0.717) is 32.1 Å². The van der Waals surface area contributed by atoms with E-state index in [9.17, 15) is 12.8 Å². The summed E-state index contributed by atoms with van der Waals surface area (Å²) in [4.78, 5) is 0.203. The fraction of sp³-hybridized carbons (Fsp3) is 0.793. The molecule has 1 aromatic carbocycles. The quantitative estimate of drug-likeness (QED) is 0.118. The van der Waals surface area contributed by atoms with Gasteiger partial charge in [0.15, 0.2) is 0 Å². The molecule has 2 unspecified atom stereocenters. The SMILES string of the molecule is CCCCCCCCCCCC(CCCC(F)CCCCCC)OS(=O)(=O)c1ccc(C)cc1. The first-order valence-corrected chi connectivity index (χ1v) is 15.4. The van der Waals surface area contributed by atoms with E-state index >= 15 is 0 Å². The van der Waals surface area contributed by atoms with Crippen molar-refractivity contribution < 1.29 is 17.0 Å². The molecule has 0 aromatic heterocycles. The molecule has 198 valence electrons. The Kier molecular flexibility index (Phi) is 17.6. The number of rotatable bonds is 22. The predicted octanol–water partition coefficient (Wildman–Crippen LogP) is 9.47. The molecular formula is C29H51FO3S. The predicted molar refractivity (Wildman–Crippen MR) is 143 cm³/mol. The van der Waals surface area contributed by atoms with Crippen molar-refractivity contribution in [1.82, 2.24) is 0 Å². The third-order valence-electron chi connectivity index (χ3n) is 6.62. The van der Waals surface area contributed by atoms with Gasteiger partial charge < -0.3 is 0 Å². The first-order valence-electron chi connectivity index (χ1n) is 14.0. The van der Waals surface area contributed by atoms with Crippen LogP contribution < -0.4 is 0 Å². The lowest BCUT2D eigenvalue weighted by molar-refractivity contribution is 0.173. The first kappa shape index (κ1) is 31.1. The number of unbranched alkanes of at least 4 members (excludes halogenated alkanes) is 11. The van der Waals surface area contributed by atoms with Gasteiger partial charge in [-0.2, -0.15) is 8.42 Å². The lowest BCUT2D eigenvalue weighted by Gasteiger charge is -2.18. The second-order valence-corrected chi connectivity index (χ2v) is 11.6. The minimum Gasteiger partial charge on any atom is -0.263 e. The highest BCUT2D eigenvalue weighted by Crippen LogP contribution is 2.23. The van der Waals surface area contributed by atoms with Crippen LogP contribution in [-0.4, -0.2) is 20.7 Å². The summed E-state index contributed by atoms with van der Waals surface area (Å²) in [6.45, 7) is 6.32. The first-order chi connectivity index (χ1) is 16.4. The average molecular weight is 499 g/mol. The van der Waals surface area contributed by atoms with Crippen LogP contribution in [0.1, 0.15) is 135 Å². The fourth-order valence-corrected chi connectivity index (χ4v) is 5.50. The van der Waals surface area contributed by atoms with E-state index in [1.54, 1.807) is 24.3 Å². The standard InChI is InChI=1S/C29H51FO3S/c1-4-6-8-10-11-12-13-14-16-20-28(21-17-19-27(30)18-15-9-7-5-2)33-34(31,32)29-24-22-26(3)23-25-29/h22-25,27-28H,4-21H2,1-3H3. The van der Waals surface area contributed by atoms with Gasteiger partial charge in [0.25, 0.3) is 10.1 Å². The molecule has 0 radical (unpaired) electrons. The highest BCUT2D eigenvalue weighted by atomic mass is 32.2. The third kappa shape index (κ3) is 15.1. The molecule has 34 heavy (non-hydrogen) atoms. The second-order valence-electron chi connectivity index (χ2n) is 9.98. The van der Waals surface area contributed by atoms with E-state index in [2.05, 4.69) is 13.8 Å². The normalized spacial score (nSPS) is 13.8. The Morgan fingerprint density at radius 1 is 0.676 bits per heavy atom. The minimum absolute atomic E-state index is 0.203. The van der Waals surface area contributed by atoms with Crippen molar-refractivity contribution in [1.29, 1.82) is 0 Å². The number of benzene rings is 1. The summed E-state index contributed by atoms with van der Waals surface area (Å²) >= 11 is 0. The Balaban J connectivity index is 2.48. The Morgan fingerprint density at radius 2 is 1.12 bits per heavy atom. The molecule has 2 atom stereocenters. The number of hydrogen-bond acceptors (Lipinski definition) is 3. The zero-order chi connectivity index (χ0) is 25.1. The summed E-state index contributed by atoms with van der Waals surface area (Å²) in [6, 6.07) is 6.79. The molecule has 0 spiro atoms. The van der Waals surface area contributed by atoms with Gasteiger partial charge in [0.2, 0.25) is 0 Å². The van der Waals surface area contributed by atoms with Crippen molar-refractivity contribution in [2.45, 2.75) is 154 Å². The molecule has 0 aliphatic heterocycles. The zero-order valence-corrected chi connectivity index (χ0v) is 23.0. The fourth-order valence-electron chi connectivity index (χ4n) is 4.37. The highest BCUT2D eigenvalue weighted by Gasteiger charge is 2.22. The lowest BCUT2D eigenvalue weighted by Crippen LogP contribution is -2.19. The van der Waals surface area contributed by atoms with Crippen LogP contribution >= 0.6 is 0 Å². The van der Waals surface area contributed by atoms with E-state index in [1.165, 1.54) is 44.9 Å². The summed E-state index contributed by atoms with van der Waals surface area (Å²) in [5.74, 6) is 0. The van der Waals surface area contributed by atoms with Crippen LogP contribution in [0.15, 0.2) is 29.2 Å². The summed E-state index contributed by atoms with van der Waals surface area (Å²) in [7, 11) is -3.80. The average Bonchev–Trinajstić information content (AvgIpc) is 2.80. The number of alkyl halides is 1. The van der Waals surface area contributed by atoms with Crippen molar-refractivity contribution in [3.8, 4) is 0 Å². The van der Waals surface area contributed by atoms with Gasteiger partial charge in [-0.05, 0) is 51.2 Å². The van der Waals surface area contributed by atoms with Crippen LogP contribution in [0.3, 0.4) is 0 Å². The van der Waals surface area contributed by atoms with E-state index in [-0.39, 0.29) is 11.0 Å². The van der Waals surface area contributed by atoms with Crippen molar-refractivity contribution in [3.05, 3.63) is 29.8 Å².